The van der Waals surface area contributed by atoms with Crippen molar-refractivity contribution in [2.45, 2.75) is 25.3 Å². The van der Waals surface area contributed by atoms with Crippen molar-refractivity contribution in [2.75, 3.05) is 4.90 Å². The molecule has 2 heterocycles. The maximum atomic E-state index is 14.1. The number of pyridine rings is 1. The molecule has 3 rings (SSSR count). The molecule has 0 spiro atoms. The molecule has 0 aliphatic rings. The minimum Gasteiger partial charge on any atom is -0.305 e. The van der Waals surface area contributed by atoms with Crippen LogP contribution in [0.25, 0.3) is 5.82 Å². The number of rotatable bonds is 5. The summed E-state index contributed by atoms with van der Waals surface area (Å²) in [5.74, 6) is -2.98. The molecule has 0 aliphatic carbocycles. The predicted octanol–water partition coefficient (Wildman–Crippen LogP) is 4.70. The van der Waals surface area contributed by atoms with Gasteiger partial charge >= 0.3 is 12.4 Å². The number of alkyl halides is 6. The molecule has 0 saturated carbocycles. The first-order valence-corrected chi connectivity index (χ1v) is 8.57. The number of halogens is 8. The van der Waals surface area contributed by atoms with Crippen LogP contribution in [0.2, 0.25) is 0 Å². The first-order valence-electron chi connectivity index (χ1n) is 8.57. The summed E-state index contributed by atoms with van der Waals surface area (Å²) in [6, 6.07) is -0.212. The van der Waals surface area contributed by atoms with Crippen LogP contribution in [0.1, 0.15) is 29.9 Å². The van der Waals surface area contributed by atoms with Crippen molar-refractivity contribution in [1.29, 1.82) is 0 Å². The lowest BCUT2D eigenvalue weighted by Gasteiger charge is -2.26. The van der Waals surface area contributed by atoms with Gasteiger partial charge in [-0.25, -0.2) is 18.7 Å². The fourth-order valence-corrected chi connectivity index (χ4v) is 2.85. The highest BCUT2D eigenvalue weighted by Crippen LogP contribution is 2.39. The molecule has 6 nitrogen and oxygen atoms in total. The third-order valence-corrected chi connectivity index (χ3v) is 4.34. The minimum absolute atomic E-state index is 0.00617. The van der Waals surface area contributed by atoms with Crippen molar-refractivity contribution in [2.24, 2.45) is 0 Å². The summed E-state index contributed by atoms with van der Waals surface area (Å²) >= 11 is 0. The van der Waals surface area contributed by atoms with Crippen molar-refractivity contribution in [1.82, 2.24) is 19.7 Å². The van der Waals surface area contributed by atoms with Crippen molar-refractivity contribution in [3.63, 3.8) is 0 Å². The fraction of sp³-hybridized carbons (Fsp3) is 0.222. The molecule has 0 radical (unpaired) electrons. The van der Waals surface area contributed by atoms with Crippen LogP contribution in [0.4, 0.5) is 40.8 Å². The number of hydrogen-bond acceptors (Lipinski definition) is 4. The van der Waals surface area contributed by atoms with Crippen LogP contribution in [0.15, 0.2) is 36.8 Å². The normalized spacial score (nSPS) is 13.2. The lowest BCUT2D eigenvalue weighted by molar-refractivity contribution is -0.143. The lowest BCUT2D eigenvalue weighted by atomic mass is 10.1. The summed E-state index contributed by atoms with van der Waals surface area (Å²) in [6.45, 7) is 1.21. The molecule has 1 atom stereocenters. The topological polar surface area (TPSA) is 63.9 Å². The van der Waals surface area contributed by atoms with Crippen LogP contribution in [0.3, 0.4) is 0 Å². The molecule has 32 heavy (non-hydrogen) atoms. The molecule has 0 bridgehead atoms. The van der Waals surface area contributed by atoms with Gasteiger partial charge in [-0.3, -0.25) is 4.79 Å². The third kappa shape index (κ3) is 4.53. The maximum absolute atomic E-state index is 14.1. The molecule has 2 aromatic heterocycles. The van der Waals surface area contributed by atoms with Crippen molar-refractivity contribution < 1.29 is 39.9 Å². The Bertz CT molecular complexity index is 1110. The van der Waals surface area contributed by atoms with E-state index in [9.17, 15) is 39.9 Å². The molecule has 0 saturated heterocycles. The molecular formula is C18H11F8N5O. The van der Waals surface area contributed by atoms with E-state index in [2.05, 4.69) is 15.1 Å². The minimum atomic E-state index is -5.13. The van der Waals surface area contributed by atoms with Gasteiger partial charge in [-0.05, 0) is 25.1 Å². The summed E-state index contributed by atoms with van der Waals surface area (Å²) < 4.78 is 107. The van der Waals surface area contributed by atoms with Crippen LogP contribution in [0.5, 0.6) is 0 Å². The molecule has 14 heteroatoms. The first-order chi connectivity index (χ1) is 14.8. The maximum Gasteiger partial charge on any atom is 0.416 e. The van der Waals surface area contributed by atoms with E-state index in [-0.39, 0.29) is 18.3 Å². The molecule has 0 fully saturated rings. The van der Waals surface area contributed by atoms with E-state index in [1.165, 1.54) is 6.92 Å². The van der Waals surface area contributed by atoms with Gasteiger partial charge in [0.05, 0.1) is 23.4 Å². The van der Waals surface area contributed by atoms with Crippen molar-refractivity contribution in [3.05, 3.63) is 65.4 Å². The Balaban J connectivity index is 2.11. The molecule has 0 N–H and O–H groups in total. The Kier molecular flexibility index (Phi) is 5.89. The summed E-state index contributed by atoms with van der Waals surface area (Å²) in [5.41, 5.74) is -4.00. The van der Waals surface area contributed by atoms with Gasteiger partial charge in [0.15, 0.2) is 17.5 Å². The van der Waals surface area contributed by atoms with Gasteiger partial charge in [0.25, 0.3) is 0 Å². The summed E-state index contributed by atoms with van der Waals surface area (Å²) in [4.78, 5) is 19.5. The third-order valence-electron chi connectivity index (χ3n) is 4.34. The molecule has 0 aliphatic heterocycles. The van der Waals surface area contributed by atoms with E-state index >= 15 is 0 Å². The van der Waals surface area contributed by atoms with E-state index in [4.69, 9.17) is 0 Å². The SMILES string of the molecule is CC(c1ncnn1-c1ncc(F)cc1F)N(C=O)c1cc(C(F)(F)F)cc(C(F)(F)F)c1. The second-order valence-electron chi connectivity index (χ2n) is 6.44. The van der Waals surface area contributed by atoms with Gasteiger partial charge in [-0.15, -0.1) is 0 Å². The number of amides is 1. The largest absolute Gasteiger partial charge is 0.416 e. The fourth-order valence-electron chi connectivity index (χ4n) is 2.85. The van der Waals surface area contributed by atoms with Crippen molar-refractivity contribution >= 4 is 12.1 Å². The molecule has 3 aromatic rings. The van der Waals surface area contributed by atoms with E-state index in [1.807, 2.05) is 0 Å². The van der Waals surface area contributed by atoms with Gasteiger partial charge in [0.1, 0.15) is 12.1 Å². The summed E-state index contributed by atoms with van der Waals surface area (Å²) in [6.07, 6.45) is -8.71. The highest BCUT2D eigenvalue weighted by Gasteiger charge is 2.38. The number of benzene rings is 1. The van der Waals surface area contributed by atoms with Gasteiger partial charge in [0, 0.05) is 11.8 Å². The standard InChI is InChI=1S/C18H11F8N5O/c1-9(15-28-7-29-31(15)16-14(20)5-12(19)6-27-16)30(8-32)13-3-10(17(21,22)23)2-11(4-13)18(24,25)26/h2-9H,1H3. The summed E-state index contributed by atoms with van der Waals surface area (Å²) in [5, 5.41) is 3.70. The van der Waals surface area contributed by atoms with Crippen LogP contribution in [-0.4, -0.2) is 26.2 Å². The highest BCUT2D eigenvalue weighted by molar-refractivity contribution is 5.77. The van der Waals surface area contributed by atoms with Gasteiger partial charge < -0.3 is 4.90 Å². The Hall–Kier alpha value is -3.58. The van der Waals surface area contributed by atoms with E-state index in [0.29, 0.717) is 29.3 Å². The number of carbonyl (C=O) groups is 1. The molecule has 1 amide bonds. The highest BCUT2D eigenvalue weighted by atomic mass is 19.4. The number of carbonyl (C=O) groups excluding carboxylic acids is 1. The Morgan fingerprint density at radius 1 is 0.969 bits per heavy atom. The molecule has 1 aromatic carbocycles. The van der Waals surface area contributed by atoms with E-state index in [1.54, 1.807) is 0 Å². The number of anilines is 1. The van der Waals surface area contributed by atoms with Crippen LogP contribution in [-0.2, 0) is 17.1 Å². The zero-order valence-corrected chi connectivity index (χ0v) is 15.8. The van der Waals surface area contributed by atoms with Crippen LogP contribution in [0, 0.1) is 11.6 Å². The number of aromatic nitrogens is 4. The first kappa shape index (κ1) is 23.1. The zero-order valence-electron chi connectivity index (χ0n) is 15.8. The molecular weight excluding hydrogens is 454 g/mol. The average Bonchev–Trinajstić information content (AvgIpc) is 3.16. The molecule has 170 valence electrons. The van der Waals surface area contributed by atoms with Crippen LogP contribution >= 0.6 is 0 Å². The van der Waals surface area contributed by atoms with Crippen LogP contribution < -0.4 is 4.90 Å². The number of hydrogen-bond donors (Lipinski definition) is 0. The monoisotopic (exact) mass is 465 g/mol. The quantitative estimate of drug-likeness (QED) is 0.405. The summed E-state index contributed by atoms with van der Waals surface area (Å²) in [7, 11) is 0. The van der Waals surface area contributed by atoms with Gasteiger partial charge in [-0.1, -0.05) is 0 Å². The van der Waals surface area contributed by atoms with Gasteiger partial charge in [0.2, 0.25) is 6.41 Å². The Morgan fingerprint density at radius 2 is 1.56 bits per heavy atom. The Morgan fingerprint density at radius 3 is 2.06 bits per heavy atom. The predicted molar refractivity (Wildman–Crippen MR) is 92.5 cm³/mol. The zero-order chi connectivity index (χ0) is 23.8. The molecule has 1 unspecified atom stereocenters. The second kappa shape index (κ2) is 8.16. The van der Waals surface area contributed by atoms with E-state index < -0.39 is 52.7 Å². The average molecular weight is 465 g/mol. The Labute approximate surface area is 174 Å². The van der Waals surface area contributed by atoms with Crippen molar-refractivity contribution in [3.8, 4) is 5.82 Å². The second-order valence-corrected chi connectivity index (χ2v) is 6.44. The number of nitrogens with zero attached hydrogens (tertiary/aromatic N) is 5. The van der Waals surface area contributed by atoms with E-state index in [0.717, 1.165) is 11.0 Å². The lowest BCUT2D eigenvalue weighted by Crippen LogP contribution is -2.28. The smallest absolute Gasteiger partial charge is 0.305 e. The van der Waals surface area contributed by atoms with Gasteiger partial charge in [-0.2, -0.15) is 36.1 Å².